The predicted octanol–water partition coefficient (Wildman–Crippen LogP) is 7.11. The Morgan fingerprint density at radius 3 is 2.37 bits per heavy atom. The van der Waals surface area contributed by atoms with Crippen LogP contribution in [-0.4, -0.2) is 11.4 Å². The Morgan fingerprint density at radius 2 is 1.47 bits per heavy atom. The van der Waals surface area contributed by atoms with E-state index in [0.717, 1.165) is 61.2 Å². The minimum absolute atomic E-state index is 0.0429. The van der Waals surface area contributed by atoms with Crippen molar-refractivity contribution in [1.29, 1.82) is 0 Å². The SMILES string of the molecule is O=c1c2c(c3ccccc3n1-c1ccccc1)Nc1ccc3ccccc3c1C2c1ccc2c(c1)OCO2. The monoisotopic (exact) mass is 494 g/mol. The van der Waals surface area contributed by atoms with Gasteiger partial charge in [0.05, 0.1) is 16.8 Å². The van der Waals surface area contributed by atoms with Crippen LogP contribution >= 0.6 is 0 Å². The van der Waals surface area contributed by atoms with Crippen molar-refractivity contribution in [3.63, 3.8) is 0 Å². The first kappa shape index (κ1) is 21.1. The maximum Gasteiger partial charge on any atom is 0.261 e. The van der Waals surface area contributed by atoms with Crippen LogP contribution < -0.4 is 20.3 Å². The quantitative estimate of drug-likeness (QED) is 0.278. The van der Waals surface area contributed by atoms with E-state index in [0.29, 0.717) is 5.75 Å². The highest BCUT2D eigenvalue weighted by Crippen LogP contribution is 2.50. The molecule has 5 aromatic carbocycles. The molecule has 0 bridgehead atoms. The highest BCUT2D eigenvalue weighted by Gasteiger charge is 2.34. The maximum absolute atomic E-state index is 14.7. The van der Waals surface area contributed by atoms with Gasteiger partial charge in [-0.1, -0.05) is 72.8 Å². The molecule has 0 spiro atoms. The standard InChI is InChI=1S/C33H22N2O3/c36-33-31-29(21-15-17-27-28(18-21)38-19-37-27)30-23-11-5-4-8-20(23)14-16-25(30)34-32(31)24-12-6-7-13-26(24)35(33)22-9-2-1-3-10-22/h1-18,29,34H,19H2. The molecule has 3 heterocycles. The normalized spacial score (nSPS) is 15.2. The Hall–Kier alpha value is -5.03. The number of hydrogen-bond donors (Lipinski definition) is 1. The molecule has 2 aliphatic rings. The Kier molecular flexibility index (Phi) is 4.43. The van der Waals surface area contributed by atoms with E-state index in [4.69, 9.17) is 9.47 Å². The molecule has 182 valence electrons. The molecular formula is C33H22N2O3. The number of pyridine rings is 1. The van der Waals surface area contributed by atoms with Gasteiger partial charge in [-0.3, -0.25) is 9.36 Å². The molecule has 0 amide bonds. The van der Waals surface area contributed by atoms with Crippen LogP contribution in [0.1, 0.15) is 22.6 Å². The third-order valence-electron chi connectivity index (χ3n) is 7.67. The van der Waals surface area contributed by atoms with Gasteiger partial charge in [0.15, 0.2) is 11.5 Å². The first-order chi connectivity index (χ1) is 18.8. The molecular weight excluding hydrogens is 472 g/mol. The molecule has 5 heteroatoms. The van der Waals surface area contributed by atoms with Crippen molar-refractivity contribution in [2.75, 3.05) is 12.1 Å². The van der Waals surface area contributed by atoms with Crippen molar-refractivity contribution in [2.45, 2.75) is 5.92 Å². The minimum atomic E-state index is -0.311. The van der Waals surface area contributed by atoms with Gasteiger partial charge in [0.1, 0.15) is 0 Å². The van der Waals surface area contributed by atoms with E-state index >= 15 is 0 Å². The van der Waals surface area contributed by atoms with Gasteiger partial charge in [-0.25, -0.2) is 0 Å². The smallest absolute Gasteiger partial charge is 0.261 e. The number of benzene rings is 5. The zero-order valence-electron chi connectivity index (χ0n) is 20.3. The molecule has 8 rings (SSSR count). The fourth-order valence-electron chi connectivity index (χ4n) is 6.02. The molecule has 38 heavy (non-hydrogen) atoms. The lowest BCUT2D eigenvalue weighted by atomic mass is 9.78. The van der Waals surface area contributed by atoms with Crippen LogP contribution in [0, 0.1) is 0 Å². The number of nitrogens with one attached hydrogen (secondary N) is 1. The van der Waals surface area contributed by atoms with Gasteiger partial charge in [0, 0.05) is 22.7 Å². The molecule has 1 N–H and O–H groups in total. The van der Waals surface area contributed by atoms with Gasteiger partial charge >= 0.3 is 0 Å². The lowest BCUT2D eigenvalue weighted by Crippen LogP contribution is -2.29. The Bertz CT molecular complexity index is 1960. The van der Waals surface area contributed by atoms with Gasteiger partial charge in [0.25, 0.3) is 5.56 Å². The van der Waals surface area contributed by atoms with Crippen molar-refractivity contribution < 1.29 is 9.47 Å². The topological polar surface area (TPSA) is 52.5 Å². The summed E-state index contributed by atoms with van der Waals surface area (Å²) >= 11 is 0. The van der Waals surface area contributed by atoms with Crippen LogP contribution in [0.2, 0.25) is 0 Å². The van der Waals surface area contributed by atoms with Crippen molar-refractivity contribution in [2.24, 2.45) is 0 Å². The molecule has 0 saturated heterocycles. The fraction of sp³-hybridized carbons (Fsp3) is 0.0606. The molecule has 1 unspecified atom stereocenters. The summed E-state index contributed by atoms with van der Waals surface area (Å²) in [5.74, 6) is 1.11. The van der Waals surface area contributed by atoms with Crippen LogP contribution in [0.3, 0.4) is 0 Å². The molecule has 0 radical (unpaired) electrons. The molecule has 1 aromatic heterocycles. The second-order valence-electron chi connectivity index (χ2n) is 9.70. The van der Waals surface area contributed by atoms with Crippen LogP contribution in [0.15, 0.2) is 114 Å². The third kappa shape index (κ3) is 2.96. The zero-order valence-corrected chi connectivity index (χ0v) is 20.3. The van der Waals surface area contributed by atoms with Crippen molar-refractivity contribution >= 4 is 33.1 Å². The van der Waals surface area contributed by atoms with Gasteiger partial charge in [-0.2, -0.15) is 0 Å². The lowest BCUT2D eigenvalue weighted by Gasteiger charge is -2.32. The first-order valence-electron chi connectivity index (χ1n) is 12.7. The Balaban J connectivity index is 1.52. The number of anilines is 2. The van der Waals surface area contributed by atoms with E-state index in [1.165, 1.54) is 0 Å². The summed E-state index contributed by atoms with van der Waals surface area (Å²) < 4.78 is 13.2. The molecule has 2 aliphatic heterocycles. The van der Waals surface area contributed by atoms with E-state index in [9.17, 15) is 4.79 Å². The summed E-state index contributed by atoms with van der Waals surface area (Å²) in [5, 5.41) is 6.92. The molecule has 0 fully saturated rings. The first-order valence-corrected chi connectivity index (χ1v) is 12.7. The van der Waals surface area contributed by atoms with Crippen molar-refractivity contribution in [3.05, 3.63) is 136 Å². The van der Waals surface area contributed by atoms with Gasteiger partial charge in [0.2, 0.25) is 6.79 Å². The highest BCUT2D eigenvalue weighted by atomic mass is 16.7. The number of nitrogens with zero attached hydrogens (tertiary/aromatic N) is 1. The Morgan fingerprint density at radius 1 is 0.711 bits per heavy atom. The number of aromatic nitrogens is 1. The average molecular weight is 495 g/mol. The summed E-state index contributed by atoms with van der Waals surface area (Å²) in [6.45, 7) is 0.201. The van der Waals surface area contributed by atoms with E-state index < -0.39 is 0 Å². The van der Waals surface area contributed by atoms with E-state index in [2.05, 4.69) is 47.8 Å². The van der Waals surface area contributed by atoms with E-state index in [1.54, 1.807) is 0 Å². The third-order valence-corrected chi connectivity index (χ3v) is 7.67. The predicted molar refractivity (Wildman–Crippen MR) is 150 cm³/mol. The minimum Gasteiger partial charge on any atom is -0.454 e. The van der Waals surface area contributed by atoms with Gasteiger partial charge < -0.3 is 14.8 Å². The largest absolute Gasteiger partial charge is 0.454 e. The fourth-order valence-corrected chi connectivity index (χ4v) is 6.02. The van der Waals surface area contributed by atoms with Crippen molar-refractivity contribution in [1.82, 2.24) is 4.57 Å². The molecule has 0 saturated carbocycles. The Labute approximate surface area is 218 Å². The summed E-state index contributed by atoms with van der Waals surface area (Å²) in [6, 6.07) is 36.6. The molecule has 0 aliphatic carbocycles. The summed E-state index contributed by atoms with van der Waals surface area (Å²) in [7, 11) is 0. The molecule has 1 atom stereocenters. The lowest BCUT2D eigenvalue weighted by molar-refractivity contribution is 0.174. The summed E-state index contributed by atoms with van der Waals surface area (Å²) in [5.41, 5.74) is 6.30. The van der Waals surface area contributed by atoms with Crippen LogP contribution in [0.25, 0.3) is 27.4 Å². The summed E-state index contributed by atoms with van der Waals surface area (Å²) in [4.78, 5) is 14.7. The molecule has 6 aromatic rings. The molecule has 5 nitrogen and oxygen atoms in total. The van der Waals surface area contributed by atoms with E-state index in [-0.39, 0.29) is 18.3 Å². The number of para-hydroxylation sites is 2. The van der Waals surface area contributed by atoms with Crippen LogP contribution in [0.4, 0.5) is 11.4 Å². The van der Waals surface area contributed by atoms with Crippen LogP contribution in [-0.2, 0) is 0 Å². The number of ether oxygens (including phenoxy) is 2. The van der Waals surface area contributed by atoms with E-state index in [1.807, 2.05) is 71.3 Å². The number of hydrogen-bond acceptors (Lipinski definition) is 4. The highest BCUT2D eigenvalue weighted by molar-refractivity contribution is 6.02. The van der Waals surface area contributed by atoms with Gasteiger partial charge in [-0.05, 0) is 58.3 Å². The second kappa shape index (κ2) is 7.98. The van der Waals surface area contributed by atoms with Crippen molar-refractivity contribution in [3.8, 4) is 17.2 Å². The number of fused-ring (bicyclic) bond motifs is 7. The van der Waals surface area contributed by atoms with Gasteiger partial charge in [-0.15, -0.1) is 0 Å². The zero-order chi connectivity index (χ0) is 25.2. The maximum atomic E-state index is 14.7. The van der Waals surface area contributed by atoms with Crippen LogP contribution in [0.5, 0.6) is 11.5 Å². The average Bonchev–Trinajstić information content (AvgIpc) is 3.45. The second-order valence-corrected chi connectivity index (χ2v) is 9.70. The number of rotatable bonds is 2. The summed E-state index contributed by atoms with van der Waals surface area (Å²) in [6.07, 6.45) is 0.